The van der Waals surface area contributed by atoms with E-state index in [4.69, 9.17) is 0 Å². The third-order valence-electron chi connectivity index (χ3n) is 5.73. The summed E-state index contributed by atoms with van der Waals surface area (Å²) in [4.78, 5) is 16.7. The molecule has 8 heteroatoms. The van der Waals surface area contributed by atoms with Gasteiger partial charge in [0.15, 0.2) is 0 Å². The molecule has 2 aromatic carbocycles. The fraction of sp³-hybridized carbons (Fsp3) is 0.280. The van der Waals surface area contributed by atoms with E-state index in [0.717, 1.165) is 35.7 Å². The van der Waals surface area contributed by atoms with Gasteiger partial charge in [0.05, 0.1) is 0 Å². The fourth-order valence-corrected chi connectivity index (χ4v) is 5.10. The molecule has 2 heterocycles. The highest BCUT2D eigenvalue weighted by Gasteiger charge is 2.14. The molecule has 33 heavy (non-hydrogen) atoms. The van der Waals surface area contributed by atoms with E-state index in [2.05, 4.69) is 38.6 Å². The topological polar surface area (TPSA) is 93.1 Å². The smallest absolute Gasteiger partial charge is 0.251 e. The second-order valence-electron chi connectivity index (χ2n) is 7.90. The predicted molar refractivity (Wildman–Crippen MR) is 131 cm³/mol. The van der Waals surface area contributed by atoms with Gasteiger partial charge in [0.1, 0.15) is 4.90 Å². The minimum absolute atomic E-state index is 0.0949. The molecular formula is C25H28N4O3S. The third-order valence-corrected chi connectivity index (χ3v) is 7.17. The third kappa shape index (κ3) is 5.07. The SMILES string of the molecule is CCn1c2ccccc2c2cc(C(=O)NCCCCCNS(=O)(=O)c3cccnc3)ccc21. The normalized spacial score (nSPS) is 11.8. The second kappa shape index (κ2) is 10.1. The first kappa shape index (κ1) is 22.9. The molecule has 0 atom stereocenters. The van der Waals surface area contributed by atoms with Crippen LogP contribution in [0.4, 0.5) is 0 Å². The van der Waals surface area contributed by atoms with E-state index < -0.39 is 10.0 Å². The van der Waals surface area contributed by atoms with Crippen LogP contribution in [0.15, 0.2) is 71.9 Å². The molecular weight excluding hydrogens is 436 g/mol. The van der Waals surface area contributed by atoms with Gasteiger partial charge in [0, 0.05) is 59.4 Å². The van der Waals surface area contributed by atoms with Gasteiger partial charge in [-0.3, -0.25) is 9.78 Å². The summed E-state index contributed by atoms with van der Waals surface area (Å²) in [6.45, 7) is 3.89. The van der Waals surface area contributed by atoms with Crippen LogP contribution in [0.1, 0.15) is 36.5 Å². The molecule has 2 aromatic heterocycles. The number of fused-ring (bicyclic) bond motifs is 3. The Morgan fingerprint density at radius 1 is 0.939 bits per heavy atom. The van der Waals surface area contributed by atoms with Crippen molar-refractivity contribution in [2.45, 2.75) is 37.6 Å². The Balaban J connectivity index is 1.27. The van der Waals surface area contributed by atoms with Crippen LogP contribution in [-0.4, -0.2) is 37.0 Å². The number of unbranched alkanes of at least 4 members (excludes halogenated alkanes) is 2. The maximum atomic E-state index is 12.7. The van der Waals surface area contributed by atoms with E-state index in [1.54, 1.807) is 6.07 Å². The Morgan fingerprint density at radius 2 is 1.73 bits per heavy atom. The summed E-state index contributed by atoms with van der Waals surface area (Å²) < 4.78 is 29.1. The van der Waals surface area contributed by atoms with E-state index in [9.17, 15) is 13.2 Å². The highest BCUT2D eigenvalue weighted by molar-refractivity contribution is 7.89. The highest BCUT2D eigenvalue weighted by atomic mass is 32.2. The van der Waals surface area contributed by atoms with Crippen molar-refractivity contribution >= 4 is 37.7 Å². The number of aromatic nitrogens is 2. The van der Waals surface area contributed by atoms with Crippen molar-refractivity contribution in [3.05, 3.63) is 72.6 Å². The number of hydrogen-bond donors (Lipinski definition) is 2. The zero-order chi connectivity index (χ0) is 23.3. The van der Waals surface area contributed by atoms with Gasteiger partial charge < -0.3 is 9.88 Å². The number of hydrogen-bond acceptors (Lipinski definition) is 4. The van der Waals surface area contributed by atoms with Crippen LogP contribution in [-0.2, 0) is 16.6 Å². The maximum Gasteiger partial charge on any atom is 0.251 e. The van der Waals surface area contributed by atoms with Gasteiger partial charge in [-0.05, 0) is 56.2 Å². The predicted octanol–water partition coefficient (Wildman–Crippen LogP) is 4.09. The lowest BCUT2D eigenvalue weighted by molar-refractivity contribution is 0.0953. The molecule has 2 N–H and O–H groups in total. The van der Waals surface area contributed by atoms with E-state index >= 15 is 0 Å². The summed E-state index contributed by atoms with van der Waals surface area (Å²) in [6, 6.07) is 17.2. The van der Waals surface area contributed by atoms with E-state index in [1.165, 1.54) is 24.0 Å². The minimum atomic E-state index is -3.52. The molecule has 172 valence electrons. The summed E-state index contributed by atoms with van der Waals surface area (Å²) in [7, 11) is -3.52. The molecule has 0 bridgehead atoms. The van der Waals surface area contributed by atoms with Gasteiger partial charge in [-0.2, -0.15) is 0 Å². The number of para-hydroxylation sites is 1. The highest BCUT2D eigenvalue weighted by Crippen LogP contribution is 2.29. The minimum Gasteiger partial charge on any atom is -0.352 e. The Bertz CT molecular complexity index is 1360. The Kier molecular flexibility index (Phi) is 7.05. The van der Waals surface area contributed by atoms with Crippen molar-refractivity contribution in [2.24, 2.45) is 0 Å². The first-order chi connectivity index (χ1) is 16.0. The average molecular weight is 465 g/mol. The second-order valence-corrected chi connectivity index (χ2v) is 9.66. The van der Waals surface area contributed by atoms with Crippen molar-refractivity contribution in [3.63, 3.8) is 0 Å². The van der Waals surface area contributed by atoms with Crippen LogP contribution in [0.25, 0.3) is 21.8 Å². The first-order valence-electron chi connectivity index (χ1n) is 11.2. The van der Waals surface area contributed by atoms with Crippen LogP contribution < -0.4 is 10.0 Å². The average Bonchev–Trinajstić information content (AvgIpc) is 3.16. The van der Waals surface area contributed by atoms with Crippen LogP contribution in [0.5, 0.6) is 0 Å². The number of amides is 1. The molecule has 0 unspecified atom stereocenters. The van der Waals surface area contributed by atoms with Crippen molar-refractivity contribution in [3.8, 4) is 0 Å². The summed E-state index contributed by atoms with van der Waals surface area (Å²) in [6.07, 6.45) is 5.14. The molecule has 0 aliphatic carbocycles. The van der Waals surface area contributed by atoms with Crippen LogP contribution in [0.3, 0.4) is 0 Å². The molecule has 7 nitrogen and oxygen atoms in total. The number of benzene rings is 2. The quantitative estimate of drug-likeness (QED) is 0.346. The lowest BCUT2D eigenvalue weighted by Crippen LogP contribution is -2.26. The van der Waals surface area contributed by atoms with E-state index in [0.29, 0.717) is 25.1 Å². The summed E-state index contributed by atoms with van der Waals surface area (Å²) in [5.74, 6) is -0.0949. The Hall–Kier alpha value is -3.23. The van der Waals surface area contributed by atoms with Crippen molar-refractivity contribution in [1.82, 2.24) is 19.6 Å². The first-order valence-corrected chi connectivity index (χ1v) is 12.7. The molecule has 0 saturated carbocycles. The largest absolute Gasteiger partial charge is 0.352 e. The number of carbonyl (C=O) groups excluding carboxylic acids is 1. The number of sulfonamides is 1. The molecule has 0 saturated heterocycles. The zero-order valence-corrected chi connectivity index (χ0v) is 19.4. The number of carbonyl (C=O) groups is 1. The molecule has 0 aliphatic rings. The number of nitrogens with one attached hydrogen (secondary N) is 2. The molecule has 0 spiro atoms. The molecule has 4 aromatic rings. The van der Waals surface area contributed by atoms with Crippen molar-refractivity contribution in [2.75, 3.05) is 13.1 Å². The van der Waals surface area contributed by atoms with Gasteiger partial charge in [-0.1, -0.05) is 24.6 Å². The van der Waals surface area contributed by atoms with Gasteiger partial charge in [0.2, 0.25) is 10.0 Å². The van der Waals surface area contributed by atoms with Crippen LogP contribution >= 0.6 is 0 Å². The standard InChI is InChI=1S/C25H28N4O3S/c1-2-29-23-11-5-4-10-21(23)22-17-19(12-13-24(22)29)25(30)27-15-6-3-7-16-28-33(31,32)20-9-8-14-26-18-20/h4-5,8-14,17-18,28H,2-3,6-7,15-16H2,1H3,(H,27,30). The number of nitrogens with zero attached hydrogens (tertiary/aromatic N) is 2. The van der Waals surface area contributed by atoms with Crippen molar-refractivity contribution < 1.29 is 13.2 Å². The van der Waals surface area contributed by atoms with Crippen LogP contribution in [0.2, 0.25) is 0 Å². The Labute approximate surface area is 193 Å². The molecule has 0 aliphatic heterocycles. The Morgan fingerprint density at radius 3 is 2.52 bits per heavy atom. The summed E-state index contributed by atoms with van der Waals surface area (Å²) in [5, 5.41) is 5.21. The maximum absolute atomic E-state index is 12.7. The van der Waals surface area contributed by atoms with E-state index in [-0.39, 0.29) is 10.8 Å². The van der Waals surface area contributed by atoms with E-state index in [1.807, 2.05) is 30.3 Å². The van der Waals surface area contributed by atoms with Gasteiger partial charge in [-0.25, -0.2) is 13.1 Å². The number of aryl methyl sites for hydroxylation is 1. The van der Waals surface area contributed by atoms with Gasteiger partial charge in [-0.15, -0.1) is 0 Å². The summed E-state index contributed by atoms with van der Waals surface area (Å²) in [5.41, 5.74) is 2.95. The number of rotatable bonds is 10. The van der Waals surface area contributed by atoms with Crippen molar-refractivity contribution in [1.29, 1.82) is 0 Å². The molecule has 1 amide bonds. The van der Waals surface area contributed by atoms with Crippen LogP contribution in [0, 0.1) is 0 Å². The summed E-state index contributed by atoms with van der Waals surface area (Å²) >= 11 is 0. The fourth-order valence-electron chi connectivity index (χ4n) is 4.06. The molecule has 4 rings (SSSR count). The molecule has 0 fully saturated rings. The van der Waals surface area contributed by atoms with Gasteiger partial charge >= 0.3 is 0 Å². The zero-order valence-electron chi connectivity index (χ0n) is 18.6. The molecule has 0 radical (unpaired) electrons. The monoisotopic (exact) mass is 464 g/mol. The lowest BCUT2D eigenvalue weighted by Gasteiger charge is -2.08. The number of pyridine rings is 1. The lowest BCUT2D eigenvalue weighted by atomic mass is 10.1. The van der Waals surface area contributed by atoms with Gasteiger partial charge in [0.25, 0.3) is 5.91 Å².